The van der Waals surface area contributed by atoms with Crippen LogP contribution < -0.4 is 20.7 Å². The van der Waals surface area contributed by atoms with Gasteiger partial charge < -0.3 is 29.2 Å². The van der Waals surface area contributed by atoms with Crippen molar-refractivity contribution in [1.82, 2.24) is 9.55 Å². The number of hydrogen-bond acceptors (Lipinski definition) is 8. The molecule has 1 aromatic heterocycles. The molecule has 0 saturated carbocycles. The number of aromatic nitrogens is 2. The zero-order valence-electron chi connectivity index (χ0n) is 22.2. The highest BCUT2D eigenvalue weighted by molar-refractivity contribution is 5.49. The highest BCUT2D eigenvalue weighted by Crippen LogP contribution is 2.42. The topological polar surface area (TPSA) is 132 Å². The average Bonchev–Trinajstić information content (AvgIpc) is 3.00. The molecule has 210 valence electrons. The molecule has 0 spiro atoms. The summed E-state index contributed by atoms with van der Waals surface area (Å²) in [7, 11) is 3.18. The highest BCUT2D eigenvalue weighted by Gasteiger charge is 2.39. The van der Waals surface area contributed by atoms with Crippen LogP contribution in [-0.4, -0.2) is 59.9 Å². The summed E-state index contributed by atoms with van der Waals surface area (Å²) in [5.41, 5.74) is -0.0857. The predicted molar refractivity (Wildman–Crippen MR) is 148 cm³/mol. The smallest absolute Gasteiger partial charge is 0.330 e. The van der Waals surface area contributed by atoms with Crippen molar-refractivity contribution in [3.05, 3.63) is 129 Å². The number of hydrogen-bond donors (Lipinski definition) is 3. The van der Waals surface area contributed by atoms with Gasteiger partial charge in [0.1, 0.15) is 23.2 Å². The normalized spacial score (nSPS) is 13.0. The second kappa shape index (κ2) is 13.2. The number of aliphatic hydroxyl groups is 2. The van der Waals surface area contributed by atoms with E-state index in [1.165, 1.54) is 6.20 Å². The van der Waals surface area contributed by atoms with Crippen molar-refractivity contribution in [2.24, 2.45) is 0 Å². The van der Waals surface area contributed by atoms with Crippen LogP contribution in [-0.2, 0) is 15.1 Å². The van der Waals surface area contributed by atoms with Crippen molar-refractivity contribution in [1.29, 1.82) is 0 Å². The molecule has 10 nitrogen and oxygen atoms in total. The van der Waals surface area contributed by atoms with Gasteiger partial charge in [-0.3, -0.25) is 14.3 Å². The van der Waals surface area contributed by atoms with Crippen LogP contribution in [0.15, 0.2) is 101 Å². The summed E-state index contributed by atoms with van der Waals surface area (Å²) < 4.78 is 24.4. The van der Waals surface area contributed by atoms with E-state index in [0.29, 0.717) is 11.5 Å². The molecule has 0 aliphatic heterocycles. The molecule has 1 heterocycles. The molecule has 4 rings (SSSR count). The fourth-order valence-electron chi connectivity index (χ4n) is 4.50. The molecule has 0 bridgehead atoms. The standard InChI is InChI=1S/C30H32N2O8/c1-37-24-12-8-22(9-13-24)30(21-6-4-3-5-7-21,23-10-14-25(38-2)15-11-23)39-20-26(18-33)40-28(19-34)32-17-16-27(35)31-29(32)36/h3-17,26,28,33-34H,18-20H2,1-2H3,(H,31,35,36)/t26-,28+/m0/s1. The van der Waals surface area contributed by atoms with Gasteiger partial charge in [0, 0.05) is 12.3 Å². The first-order valence-electron chi connectivity index (χ1n) is 12.6. The van der Waals surface area contributed by atoms with Crippen LogP contribution in [0, 0.1) is 0 Å². The lowest BCUT2D eigenvalue weighted by Crippen LogP contribution is -2.40. The minimum atomic E-state index is -1.17. The number of nitrogens with zero attached hydrogens (tertiary/aromatic N) is 1. The van der Waals surface area contributed by atoms with E-state index < -0.39 is 42.4 Å². The third-order valence-corrected chi connectivity index (χ3v) is 6.53. The summed E-state index contributed by atoms with van der Waals surface area (Å²) in [6, 6.07) is 25.7. The van der Waals surface area contributed by atoms with E-state index in [-0.39, 0.29) is 6.61 Å². The molecular weight excluding hydrogens is 516 g/mol. The monoisotopic (exact) mass is 548 g/mol. The van der Waals surface area contributed by atoms with Crippen LogP contribution >= 0.6 is 0 Å². The Morgan fingerprint density at radius 1 is 0.775 bits per heavy atom. The maximum absolute atomic E-state index is 12.3. The summed E-state index contributed by atoms with van der Waals surface area (Å²) in [4.78, 5) is 25.9. The van der Waals surface area contributed by atoms with E-state index in [9.17, 15) is 19.8 Å². The minimum Gasteiger partial charge on any atom is -0.497 e. The molecule has 4 aromatic rings. The summed E-state index contributed by atoms with van der Waals surface area (Å²) >= 11 is 0. The minimum absolute atomic E-state index is 0.127. The molecule has 3 N–H and O–H groups in total. The summed E-state index contributed by atoms with van der Waals surface area (Å²) in [6.45, 7) is -1.17. The Kier molecular flexibility index (Phi) is 9.52. The quantitative estimate of drug-likeness (QED) is 0.217. The fraction of sp³-hybridized carbons (Fsp3) is 0.267. The van der Waals surface area contributed by atoms with Crippen molar-refractivity contribution in [2.45, 2.75) is 17.9 Å². The lowest BCUT2D eigenvalue weighted by molar-refractivity contribution is -0.139. The van der Waals surface area contributed by atoms with Crippen LogP contribution in [0.25, 0.3) is 0 Å². The molecule has 2 atom stereocenters. The Balaban J connectivity index is 1.76. The maximum Gasteiger partial charge on any atom is 0.330 e. The van der Waals surface area contributed by atoms with Crippen LogP contribution in [0.2, 0.25) is 0 Å². The molecule has 0 aliphatic rings. The summed E-state index contributed by atoms with van der Waals surface area (Å²) in [5, 5.41) is 20.2. The van der Waals surface area contributed by atoms with E-state index in [4.69, 9.17) is 18.9 Å². The number of benzene rings is 3. The van der Waals surface area contributed by atoms with Gasteiger partial charge >= 0.3 is 5.69 Å². The van der Waals surface area contributed by atoms with Crippen LogP contribution in [0.4, 0.5) is 0 Å². The van der Waals surface area contributed by atoms with Gasteiger partial charge in [0.25, 0.3) is 5.56 Å². The van der Waals surface area contributed by atoms with Crippen LogP contribution in [0.1, 0.15) is 22.9 Å². The van der Waals surface area contributed by atoms with Gasteiger partial charge in [-0.15, -0.1) is 0 Å². The van der Waals surface area contributed by atoms with Crippen molar-refractivity contribution >= 4 is 0 Å². The first-order valence-corrected chi connectivity index (χ1v) is 12.6. The number of H-pyrrole nitrogens is 1. The number of ether oxygens (including phenoxy) is 4. The van der Waals surface area contributed by atoms with Crippen molar-refractivity contribution in [3.8, 4) is 11.5 Å². The number of nitrogens with one attached hydrogen (secondary N) is 1. The number of rotatable bonds is 13. The van der Waals surface area contributed by atoms with Gasteiger partial charge in [0.15, 0.2) is 6.23 Å². The van der Waals surface area contributed by atoms with Crippen molar-refractivity contribution in [3.63, 3.8) is 0 Å². The summed E-state index contributed by atoms with van der Waals surface area (Å²) in [5.74, 6) is 1.35. The first-order chi connectivity index (χ1) is 19.4. The molecule has 0 fully saturated rings. The summed E-state index contributed by atoms with van der Waals surface area (Å²) in [6.07, 6.45) is -0.894. The van der Waals surface area contributed by atoms with Gasteiger partial charge in [-0.2, -0.15) is 0 Å². The Morgan fingerprint density at radius 3 is 1.80 bits per heavy atom. The predicted octanol–water partition coefficient (Wildman–Crippen LogP) is 2.43. The molecule has 40 heavy (non-hydrogen) atoms. The zero-order chi connectivity index (χ0) is 28.5. The Labute approximate surface area is 231 Å². The number of aliphatic hydroxyl groups excluding tert-OH is 2. The molecule has 0 aliphatic carbocycles. The van der Waals surface area contributed by atoms with E-state index in [2.05, 4.69) is 4.98 Å². The Bertz CT molecular complexity index is 1420. The SMILES string of the molecule is COc1ccc(C(OC[C@H](CO)O[C@H](CO)n2ccc(=O)[nH]c2=O)(c2ccccc2)c2ccc(OC)cc2)cc1. The third kappa shape index (κ3) is 6.16. The Morgan fingerprint density at radius 2 is 1.32 bits per heavy atom. The van der Waals surface area contributed by atoms with Crippen LogP contribution in [0.3, 0.4) is 0 Å². The first kappa shape index (κ1) is 28.8. The average molecular weight is 549 g/mol. The van der Waals surface area contributed by atoms with Crippen LogP contribution in [0.5, 0.6) is 11.5 Å². The number of aromatic amines is 1. The van der Waals surface area contributed by atoms with Gasteiger partial charge in [0.2, 0.25) is 0 Å². The lowest BCUT2D eigenvalue weighted by Gasteiger charge is -2.37. The third-order valence-electron chi connectivity index (χ3n) is 6.53. The van der Waals surface area contributed by atoms with Gasteiger partial charge in [-0.1, -0.05) is 54.6 Å². The molecule has 0 unspecified atom stereocenters. The van der Waals surface area contributed by atoms with E-state index in [1.54, 1.807) is 14.2 Å². The van der Waals surface area contributed by atoms with E-state index in [0.717, 1.165) is 27.3 Å². The van der Waals surface area contributed by atoms with Crippen molar-refractivity contribution in [2.75, 3.05) is 34.0 Å². The largest absolute Gasteiger partial charge is 0.497 e. The molecule has 0 radical (unpaired) electrons. The van der Waals surface area contributed by atoms with Gasteiger partial charge in [0.05, 0.1) is 34.0 Å². The second-order valence-corrected chi connectivity index (χ2v) is 8.91. The lowest BCUT2D eigenvalue weighted by atomic mass is 9.80. The molecule has 0 saturated heterocycles. The van der Waals surface area contributed by atoms with Crippen molar-refractivity contribution < 1.29 is 29.2 Å². The Hall–Kier alpha value is -4.22. The molecule has 0 amide bonds. The molecular formula is C30H32N2O8. The molecule has 10 heteroatoms. The van der Waals surface area contributed by atoms with E-state index >= 15 is 0 Å². The second-order valence-electron chi connectivity index (χ2n) is 8.91. The van der Waals surface area contributed by atoms with Gasteiger partial charge in [-0.05, 0) is 41.0 Å². The van der Waals surface area contributed by atoms with Gasteiger partial charge in [-0.25, -0.2) is 4.79 Å². The number of methoxy groups -OCH3 is 2. The fourth-order valence-corrected chi connectivity index (χ4v) is 4.50. The zero-order valence-corrected chi connectivity index (χ0v) is 22.2. The maximum atomic E-state index is 12.3. The highest BCUT2D eigenvalue weighted by atomic mass is 16.6. The molecule has 3 aromatic carbocycles. The van der Waals surface area contributed by atoms with E-state index in [1.807, 2.05) is 78.9 Å².